The van der Waals surface area contributed by atoms with Gasteiger partial charge in [0.05, 0.1) is 24.2 Å². The summed E-state index contributed by atoms with van der Waals surface area (Å²) >= 11 is 0. The van der Waals surface area contributed by atoms with Crippen LogP contribution >= 0.6 is 0 Å². The number of pyridine rings is 1. The fourth-order valence-electron chi connectivity index (χ4n) is 4.32. The molecule has 0 radical (unpaired) electrons. The van der Waals surface area contributed by atoms with E-state index in [0.29, 0.717) is 25.3 Å². The van der Waals surface area contributed by atoms with Gasteiger partial charge < -0.3 is 14.5 Å². The predicted molar refractivity (Wildman–Crippen MR) is 114 cm³/mol. The highest BCUT2D eigenvalue weighted by atomic mass is 19.1. The number of carbonyl (C=O) groups is 1. The van der Waals surface area contributed by atoms with Crippen LogP contribution in [0.1, 0.15) is 34.9 Å². The predicted octanol–water partition coefficient (Wildman–Crippen LogP) is 4.19. The molecule has 1 amide bonds. The number of hydrogen-bond acceptors (Lipinski definition) is 4. The van der Waals surface area contributed by atoms with Crippen molar-refractivity contribution in [3.8, 4) is 0 Å². The van der Waals surface area contributed by atoms with Crippen molar-refractivity contribution in [1.82, 2.24) is 9.88 Å². The van der Waals surface area contributed by atoms with Crippen LogP contribution in [0.2, 0.25) is 0 Å². The van der Waals surface area contributed by atoms with Crippen LogP contribution in [0.3, 0.4) is 0 Å². The van der Waals surface area contributed by atoms with Crippen LogP contribution in [0.15, 0.2) is 54.6 Å². The molecule has 2 saturated heterocycles. The number of carbonyl (C=O) groups excluding carboxylic acids is 1. The van der Waals surface area contributed by atoms with Crippen LogP contribution in [0.5, 0.6) is 0 Å². The number of amides is 1. The van der Waals surface area contributed by atoms with Crippen LogP contribution in [0, 0.1) is 5.82 Å². The first-order chi connectivity index (χ1) is 14.7. The molecule has 0 N–H and O–H groups in total. The highest BCUT2D eigenvalue weighted by molar-refractivity contribution is 6.02. The molecule has 5 nitrogen and oxygen atoms in total. The van der Waals surface area contributed by atoms with Gasteiger partial charge in [0, 0.05) is 25.0 Å². The Kier molecular flexibility index (Phi) is 5.09. The first-order valence-corrected chi connectivity index (χ1v) is 10.5. The van der Waals surface area contributed by atoms with Gasteiger partial charge in [0.2, 0.25) is 0 Å². The Labute approximate surface area is 175 Å². The Balaban J connectivity index is 1.47. The summed E-state index contributed by atoms with van der Waals surface area (Å²) in [5.41, 5.74) is 2.43. The Morgan fingerprint density at radius 2 is 1.80 bits per heavy atom. The van der Waals surface area contributed by atoms with E-state index < -0.39 is 0 Å². The Morgan fingerprint density at radius 1 is 1.03 bits per heavy atom. The highest BCUT2D eigenvalue weighted by Gasteiger charge is 2.30. The van der Waals surface area contributed by atoms with E-state index in [0.717, 1.165) is 48.2 Å². The van der Waals surface area contributed by atoms with Crippen molar-refractivity contribution in [1.29, 1.82) is 0 Å². The van der Waals surface area contributed by atoms with Crippen LogP contribution in [0.25, 0.3) is 10.9 Å². The number of rotatable bonds is 3. The van der Waals surface area contributed by atoms with E-state index in [1.165, 1.54) is 12.1 Å². The summed E-state index contributed by atoms with van der Waals surface area (Å²) in [6.45, 7) is 3.27. The molecule has 2 aromatic carbocycles. The smallest absolute Gasteiger partial charge is 0.257 e. The highest BCUT2D eigenvalue weighted by Crippen LogP contribution is 2.30. The summed E-state index contributed by atoms with van der Waals surface area (Å²) in [5, 5.41) is 0.965. The molecular formula is C24H24FN3O2. The van der Waals surface area contributed by atoms with Gasteiger partial charge in [-0.15, -0.1) is 0 Å². The molecule has 6 heteroatoms. The minimum Gasteiger partial charge on any atom is -0.370 e. The fraction of sp³-hybridized carbons (Fsp3) is 0.333. The van der Waals surface area contributed by atoms with E-state index in [2.05, 4.69) is 4.90 Å². The van der Waals surface area contributed by atoms with Crippen molar-refractivity contribution in [3.63, 3.8) is 0 Å². The molecule has 2 aliphatic rings. The molecule has 1 unspecified atom stereocenters. The van der Waals surface area contributed by atoms with Gasteiger partial charge in [-0.3, -0.25) is 4.79 Å². The maximum atomic E-state index is 13.6. The van der Waals surface area contributed by atoms with Gasteiger partial charge in [-0.2, -0.15) is 0 Å². The molecule has 1 atom stereocenters. The summed E-state index contributed by atoms with van der Waals surface area (Å²) in [4.78, 5) is 22.5. The van der Waals surface area contributed by atoms with E-state index in [1.807, 2.05) is 35.2 Å². The number of para-hydroxylation sites is 1. The molecule has 0 aliphatic carbocycles. The number of halogens is 1. The van der Waals surface area contributed by atoms with Gasteiger partial charge >= 0.3 is 0 Å². The van der Waals surface area contributed by atoms with Crippen LogP contribution in [0.4, 0.5) is 10.2 Å². The van der Waals surface area contributed by atoms with Gasteiger partial charge in [-0.05, 0) is 42.7 Å². The number of ether oxygens (including phenoxy) is 1. The second kappa shape index (κ2) is 8.03. The second-order valence-corrected chi connectivity index (χ2v) is 7.91. The van der Waals surface area contributed by atoms with E-state index >= 15 is 0 Å². The first kappa shape index (κ1) is 19.0. The lowest BCUT2D eigenvalue weighted by Gasteiger charge is -2.34. The summed E-state index contributed by atoms with van der Waals surface area (Å²) < 4.78 is 19.2. The largest absolute Gasteiger partial charge is 0.370 e. The zero-order valence-corrected chi connectivity index (χ0v) is 16.8. The lowest BCUT2D eigenvalue weighted by atomic mass is 10.1. The van der Waals surface area contributed by atoms with Gasteiger partial charge in [0.15, 0.2) is 0 Å². The molecule has 2 aliphatic heterocycles. The van der Waals surface area contributed by atoms with Gasteiger partial charge in [0.1, 0.15) is 17.7 Å². The molecule has 0 saturated carbocycles. The monoisotopic (exact) mass is 405 g/mol. The summed E-state index contributed by atoms with van der Waals surface area (Å²) in [6.07, 6.45) is 1.98. The third-order valence-electron chi connectivity index (χ3n) is 5.94. The Bertz CT molecular complexity index is 1060. The van der Waals surface area contributed by atoms with Crippen molar-refractivity contribution < 1.29 is 13.9 Å². The SMILES string of the molecule is O=C(c1cc2ccccc2nc1N1CCCC1)N1CCOC(c2ccc(F)cc2)C1. The molecule has 30 heavy (non-hydrogen) atoms. The number of fused-ring (bicyclic) bond motifs is 1. The molecule has 3 aromatic rings. The maximum absolute atomic E-state index is 13.6. The minimum absolute atomic E-state index is 0.0226. The quantitative estimate of drug-likeness (QED) is 0.656. The number of hydrogen-bond donors (Lipinski definition) is 0. The average Bonchev–Trinajstić information content (AvgIpc) is 3.33. The minimum atomic E-state index is -0.278. The van der Waals surface area contributed by atoms with Gasteiger partial charge in [-0.25, -0.2) is 9.37 Å². The van der Waals surface area contributed by atoms with Crippen molar-refractivity contribution in [2.45, 2.75) is 18.9 Å². The third kappa shape index (κ3) is 3.63. The number of aromatic nitrogens is 1. The third-order valence-corrected chi connectivity index (χ3v) is 5.94. The zero-order valence-electron chi connectivity index (χ0n) is 16.8. The van der Waals surface area contributed by atoms with E-state index in [-0.39, 0.29) is 17.8 Å². The fourth-order valence-corrected chi connectivity index (χ4v) is 4.32. The molecule has 2 fully saturated rings. The van der Waals surface area contributed by atoms with Crippen LogP contribution in [-0.4, -0.2) is 48.6 Å². The first-order valence-electron chi connectivity index (χ1n) is 10.5. The number of anilines is 1. The lowest BCUT2D eigenvalue weighted by molar-refractivity contribution is -0.0228. The van der Waals surface area contributed by atoms with E-state index in [1.54, 1.807) is 12.1 Å². The molecule has 0 bridgehead atoms. The lowest BCUT2D eigenvalue weighted by Crippen LogP contribution is -2.42. The van der Waals surface area contributed by atoms with Crippen LogP contribution in [-0.2, 0) is 4.74 Å². The number of nitrogens with zero attached hydrogens (tertiary/aromatic N) is 3. The Morgan fingerprint density at radius 3 is 2.60 bits per heavy atom. The number of benzene rings is 2. The summed E-state index contributed by atoms with van der Waals surface area (Å²) in [7, 11) is 0. The normalized spacial score (nSPS) is 19.4. The van der Waals surface area contributed by atoms with E-state index in [9.17, 15) is 9.18 Å². The van der Waals surface area contributed by atoms with Crippen molar-refractivity contribution >= 4 is 22.6 Å². The maximum Gasteiger partial charge on any atom is 0.257 e. The standard InChI is InChI=1S/C24H24FN3O2/c25-19-9-7-17(8-10-19)22-16-28(13-14-30-22)24(29)20-15-18-5-1-2-6-21(18)26-23(20)27-11-3-4-12-27/h1-2,5-10,15,22H,3-4,11-14,16H2. The number of morpholine rings is 1. The van der Waals surface area contributed by atoms with Crippen molar-refractivity contribution in [3.05, 3.63) is 71.5 Å². The van der Waals surface area contributed by atoms with Gasteiger partial charge in [-0.1, -0.05) is 30.3 Å². The molecule has 154 valence electrons. The van der Waals surface area contributed by atoms with Gasteiger partial charge in [0.25, 0.3) is 5.91 Å². The van der Waals surface area contributed by atoms with Crippen molar-refractivity contribution in [2.24, 2.45) is 0 Å². The second-order valence-electron chi connectivity index (χ2n) is 7.91. The Hall–Kier alpha value is -2.99. The van der Waals surface area contributed by atoms with E-state index in [4.69, 9.17) is 9.72 Å². The molecule has 3 heterocycles. The summed E-state index contributed by atoms with van der Waals surface area (Å²) in [6, 6.07) is 16.2. The average molecular weight is 405 g/mol. The molecule has 0 spiro atoms. The topological polar surface area (TPSA) is 45.7 Å². The molecule has 5 rings (SSSR count). The zero-order chi connectivity index (χ0) is 20.5. The van der Waals surface area contributed by atoms with Crippen molar-refractivity contribution in [2.75, 3.05) is 37.7 Å². The molecule has 1 aromatic heterocycles. The van der Waals surface area contributed by atoms with Crippen LogP contribution < -0.4 is 4.90 Å². The summed E-state index contributed by atoms with van der Waals surface area (Å²) in [5.74, 6) is 0.478. The molecular weight excluding hydrogens is 381 g/mol.